The van der Waals surface area contributed by atoms with Crippen LogP contribution in [0.15, 0.2) is 42.6 Å². The molecule has 2 atom stereocenters. The fraction of sp³-hybridized carbons (Fsp3) is 0.217. The second-order valence-electron chi connectivity index (χ2n) is 7.46. The highest BCUT2D eigenvalue weighted by atomic mass is 35.5. The third kappa shape index (κ3) is 3.10. The Hall–Kier alpha value is -3.23. The van der Waals surface area contributed by atoms with Crippen molar-refractivity contribution in [3.05, 3.63) is 76.1 Å². The molecule has 2 heterocycles. The van der Waals surface area contributed by atoms with Crippen molar-refractivity contribution in [3.8, 4) is 22.6 Å². The molecule has 166 valence electrons. The minimum absolute atomic E-state index is 0.00179. The molecule has 0 unspecified atom stereocenters. The number of hydrogen-bond donors (Lipinski definition) is 2. The maximum absolute atomic E-state index is 15.5. The molecule has 0 saturated heterocycles. The molecule has 1 aliphatic heterocycles. The number of nitrogens with two attached hydrogens (primary N) is 2. The SMILES string of the molecule is COc1ccc(C(N)=O)c(-c2c(Cl)c(F)cc3c2[C@H](C)[C@@](CN)(c2ccccn2)O3)c1F. The van der Waals surface area contributed by atoms with Gasteiger partial charge < -0.3 is 20.9 Å². The van der Waals surface area contributed by atoms with Crippen LogP contribution in [0.2, 0.25) is 5.02 Å². The van der Waals surface area contributed by atoms with E-state index < -0.39 is 29.1 Å². The molecule has 1 aromatic heterocycles. The highest BCUT2D eigenvalue weighted by Gasteiger charge is 2.50. The highest BCUT2D eigenvalue weighted by Crippen LogP contribution is 2.55. The van der Waals surface area contributed by atoms with Crippen molar-refractivity contribution in [2.24, 2.45) is 11.5 Å². The minimum atomic E-state index is -1.16. The molecular formula is C23H20ClF2N3O3. The van der Waals surface area contributed by atoms with Crippen LogP contribution in [-0.4, -0.2) is 24.5 Å². The van der Waals surface area contributed by atoms with Gasteiger partial charge in [-0.25, -0.2) is 8.78 Å². The molecule has 32 heavy (non-hydrogen) atoms. The second-order valence-corrected chi connectivity index (χ2v) is 7.84. The summed E-state index contributed by atoms with van der Waals surface area (Å²) in [6.45, 7) is 1.80. The number of ether oxygens (including phenoxy) is 2. The molecule has 3 aromatic rings. The fourth-order valence-electron chi connectivity index (χ4n) is 4.27. The van der Waals surface area contributed by atoms with Gasteiger partial charge in [0.1, 0.15) is 11.6 Å². The van der Waals surface area contributed by atoms with E-state index in [1.165, 1.54) is 19.2 Å². The van der Waals surface area contributed by atoms with Crippen LogP contribution in [0.1, 0.15) is 34.5 Å². The average molecular weight is 460 g/mol. The lowest BCUT2D eigenvalue weighted by Gasteiger charge is -2.31. The number of aromatic nitrogens is 1. The van der Waals surface area contributed by atoms with E-state index in [-0.39, 0.29) is 39.8 Å². The summed E-state index contributed by atoms with van der Waals surface area (Å²) in [7, 11) is 1.27. The van der Waals surface area contributed by atoms with Gasteiger partial charge in [0, 0.05) is 41.4 Å². The van der Waals surface area contributed by atoms with Crippen molar-refractivity contribution in [3.63, 3.8) is 0 Å². The van der Waals surface area contributed by atoms with E-state index in [1.54, 1.807) is 31.3 Å². The molecule has 1 aliphatic rings. The summed E-state index contributed by atoms with van der Waals surface area (Å²) in [4.78, 5) is 16.5. The third-order valence-electron chi connectivity index (χ3n) is 5.89. The Kier molecular flexibility index (Phi) is 5.52. The molecule has 0 spiro atoms. The predicted octanol–water partition coefficient (Wildman–Crippen LogP) is 4.14. The van der Waals surface area contributed by atoms with Crippen molar-refractivity contribution in [1.82, 2.24) is 4.98 Å². The lowest BCUT2D eigenvalue weighted by molar-refractivity contribution is 0.0752. The summed E-state index contributed by atoms with van der Waals surface area (Å²) in [5.41, 5.74) is 10.9. The summed E-state index contributed by atoms with van der Waals surface area (Å²) in [5.74, 6) is -3.20. The van der Waals surface area contributed by atoms with Gasteiger partial charge in [-0.2, -0.15) is 0 Å². The maximum atomic E-state index is 15.5. The molecule has 0 aliphatic carbocycles. The number of carbonyl (C=O) groups excluding carboxylic acids is 1. The third-order valence-corrected chi connectivity index (χ3v) is 6.26. The van der Waals surface area contributed by atoms with Gasteiger partial charge in [-0.3, -0.25) is 9.78 Å². The monoisotopic (exact) mass is 459 g/mol. The zero-order valence-corrected chi connectivity index (χ0v) is 18.0. The lowest BCUT2D eigenvalue weighted by Crippen LogP contribution is -2.42. The Morgan fingerprint density at radius 1 is 1.28 bits per heavy atom. The van der Waals surface area contributed by atoms with Crippen LogP contribution in [-0.2, 0) is 5.60 Å². The van der Waals surface area contributed by atoms with Crippen LogP contribution in [0.4, 0.5) is 8.78 Å². The Morgan fingerprint density at radius 3 is 2.62 bits per heavy atom. The summed E-state index contributed by atoms with van der Waals surface area (Å²) >= 11 is 6.37. The molecule has 9 heteroatoms. The molecule has 0 saturated carbocycles. The Bertz CT molecular complexity index is 1220. The van der Waals surface area contributed by atoms with Crippen molar-refractivity contribution in [2.75, 3.05) is 13.7 Å². The van der Waals surface area contributed by atoms with Crippen LogP contribution in [0.3, 0.4) is 0 Å². The molecular weight excluding hydrogens is 440 g/mol. The molecule has 0 bridgehead atoms. The Balaban J connectivity index is 2.07. The van der Waals surface area contributed by atoms with Crippen molar-refractivity contribution >= 4 is 17.5 Å². The zero-order chi connectivity index (χ0) is 23.2. The number of methoxy groups -OCH3 is 1. The van der Waals surface area contributed by atoms with Crippen LogP contribution in [0.5, 0.6) is 11.5 Å². The first kappa shape index (κ1) is 22.0. The summed E-state index contributed by atoms with van der Waals surface area (Å²) < 4.78 is 41.7. The van der Waals surface area contributed by atoms with Crippen molar-refractivity contribution in [2.45, 2.75) is 18.4 Å². The van der Waals surface area contributed by atoms with E-state index in [1.807, 2.05) is 0 Å². The lowest BCUT2D eigenvalue weighted by atomic mass is 9.79. The van der Waals surface area contributed by atoms with E-state index in [9.17, 15) is 9.18 Å². The number of benzene rings is 2. The molecule has 4 rings (SSSR count). The number of hydrogen-bond acceptors (Lipinski definition) is 5. The molecule has 6 nitrogen and oxygen atoms in total. The van der Waals surface area contributed by atoms with Gasteiger partial charge in [0.15, 0.2) is 17.2 Å². The van der Waals surface area contributed by atoms with E-state index in [0.717, 1.165) is 6.07 Å². The number of amides is 1. The second kappa shape index (κ2) is 8.03. The van der Waals surface area contributed by atoms with Crippen LogP contribution >= 0.6 is 11.6 Å². The summed E-state index contributed by atoms with van der Waals surface area (Å²) in [5, 5.41) is -0.373. The quantitative estimate of drug-likeness (QED) is 0.597. The van der Waals surface area contributed by atoms with Gasteiger partial charge in [-0.15, -0.1) is 0 Å². The van der Waals surface area contributed by atoms with E-state index in [2.05, 4.69) is 4.98 Å². The van der Waals surface area contributed by atoms with Crippen molar-refractivity contribution in [1.29, 1.82) is 0 Å². The zero-order valence-electron chi connectivity index (χ0n) is 17.3. The number of primary amides is 1. The molecule has 2 aromatic carbocycles. The van der Waals surface area contributed by atoms with E-state index >= 15 is 4.39 Å². The van der Waals surface area contributed by atoms with Gasteiger partial charge >= 0.3 is 0 Å². The smallest absolute Gasteiger partial charge is 0.249 e. The molecule has 1 amide bonds. The Morgan fingerprint density at radius 2 is 2.03 bits per heavy atom. The Labute approximate surface area is 188 Å². The number of pyridine rings is 1. The topological polar surface area (TPSA) is 100 Å². The normalized spacial score (nSPS) is 19.4. The summed E-state index contributed by atoms with van der Waals surface area (Å²) in [6.07, 6.45) is 1.59. The van der Waals surface area contributed by atoms with Gasteiger partial charge in [0.25, 0.3) is 0 Å². The van der Waals surface area contributed by atoms with Gasteiger partial charge in [-0.05, 0) is 24.3 Å². The highest BCUT2D eigenvalue weighted by molar-refractivity contribution is 6.34. The number of fused-ring (bicyclic) bond motifs is 1. The first-order valence-electron chi connectivity index (χ1n) is 9.76. The average Bonchev–Trinajstić information content (AvgIpc) is 3.07. The first-order chi connectivity index (χ1) is 15.3. The van der Waals surface area contributed by atoms with E-state index in [4.69, 9.17) is 32.5 Å². The van der Waals surface area contributed by atoms with Crippen molar-refractivity contribution < 1.29 is 23.0 Å². The van der Waals surface area contributed by atoms with Gasteiger partial charge in [0.05, 0.1) is 23.4 Å². The number of rotatable bonds is 5. The van der Waals surface area contributed by atoms with Crippen LogP contribution in [0.25, 0.3) is 11.1 Å². The predicted molar refractivity (Wildman–Crippen MR) is 116 cm³/mol. The fourth-order valence-corrected chi connectivity index (χ4v) is 4.52. The maximum Gasteiger partial charge on any atom is 0.249 e. The largest absolute Gasteiger partial charge is 0.494 e. The summed E-state index contributed by atoms with van der Waals surface area (Å²) in [6, 6.07) is 8.97. The molecule has 4 N–H and O–H groups in total. The first-order valence-corrected chi connectivity index (χ1v) is 10.1. The van der Waals surface area contributed by atoms with Gasteiger partial charge in [-0.1, -0.05) is 24.6 Å². The van der Waals surface area contributed by atoms with E-state index in [0.29, 0.717) is 11.3 Å². The molecule has 0 radical (unpaired) electrons. The van der Waals surface area contributed by atoms with Crippen LogP contribution < -0.4 is 20.9 Å². The number of nitrogens with zero attached hydrogens (tertiary/aromatic N) is 1. The van der Waals surface area contributed by atoms with Gasteiger partial charge in [0.2, 0.25) is 5.91 Å². The van der Waals surface area contributed by atoms with Crippen LogP contribution in [0, 0.1) is 11.6 Å². The number of halogens is 3. The minimum Gasteiger partial charge on any atom is -0.494 e. The standard InChI is InChI=1S/C23H20ClF2N3O3/c1-11-17-15(32-23(11,10-27)16-5-3-4-8-29-16)9-13(25)20(24)19(17)18-12(22(28)30)6-7-14(31-2)21(18)26/h3-9,11H,10,27H2,1-2H3,(H2,28,30)/t11-,23-/m0/s1. The number of carbonyl (C=O) groups is 1. The molecule has 0 fully saturated rings.